The van der Waals surface area contributed by atoms with Crippen molar-refractivity contribution in [2.24, 2.45) is 11.3 Å². The smallest absolute Gasteiger partial charge is 0.321 e. The van der Waals surface area contributed by atoms with Crippen LogP contribution in [0.3, 0.4) is 0 Å². The zero-order chi connectivity index (χ0) is 18.0. The Labute approximate surface area is 146 Å². The summed E-state index contributed by atoms with van der Waals surface area (Å²) in [4.78, 5) is 38.1. The molecule has 0 amide bonds. The fraction of sp³-hybridized carbons (Fsp3) is 0.526. The van der Waals surface area contributed by atoms with E-state index in [0.717, 1.165) is 5.56 Å². The van der Waals surface area contributed by atoms with Crippen molar-refractivity contribution in [2.75, 3.05) is 19.8 Å². The number of hydrogen-bond donors (Lipinski definition) is 0. The minimum atomic E-state index is -1.27. The summed E-state index contributed by atoms with van der Waals surface area (Å²) in [5.74, 6) is -3.30. The van der Waals surface area contributed by atoms with Crippen LogP contribution in [0.25, 0.3) is 0 Å². The van der Waals surface area contributed by atoms with E-state index in [0.29, 0.717) is 13.0 Å². The Balaban J connectivity index is 1.96. The number of carbonyl (C=O) groups is 3. The number of fused-ring (bicyclic) bond motifs is 1. The van der Waals surface area contributed by atoms with E-state index in [9.17, 15) is 14.4 Å². The van der Waals surface area contributed by atoms with Gasteiger partial charge in [0, 0.05) is 6.61 Å². The molecule has 2 aliphatic rings. The van der Waals surface area contributed by atoms with E-state index in [2.05, 4.69) is 0 Å². The Morgan fingerprint density at radius 2 is 1.76 bits per heavy atom. The molecule has 0 unspecified atom stereocenters. The molecule has 6 heteroatoms. The van der Waals surface area contributed by atoms with Crippen LogP contribution in [0.1, 0.15) is 31.7 Å². The predicted molar refractivity (Wildman–Crippen MR) is 87.7 cm³/mol. The molecule has 0 spiro atoms. The molecule has 1 aromatic rings. The largest absolute Gasteiger partial charge is 0.465 e. The number of Topliss-reactive ketones (excluding diaryl/α,β-unsaturated/α-hetero) is 1. The highest BCUT2D eigenvalue weighted by molar-refractivity contribution is 6.09. The number of rotatable bonds is 6. The summed E-state index contributed by atoms with van der Waals surface area (Å²) in [6.07, 6.45) is -0.191. The first-order chi connectivity index (χ1) is 12.1. The molecule has 3 atom stereocenters. The molecule has 1 heterocycles. The fourth-order valence-electron chi connectivity index (χ4n) is 4.04. The van der Waals surface area contributed by atoms with Crippen molar-refractivity contribution in [3.05, 3.63) is 35.9 Å². The van der Waals surface area contributed by atoms with Crippen molar-refractivity contribution >= 4 is 17.7 Å². The zero-order valence-electron chi connectivity index (χ0n) is 14.4. The first kappa shape index (κ1) is 17.6. The van der Waals surface area contributed by atoms with Gasteiger partial charge in [0.1, 0.15) is 0 Å². The second kappa shape index (κ2) is 6.96. The van der Waals surface area contributed by atoms with Crippen molar-refractivity contribution in [3.63, 3.8) is 0 Å². The third-order valence-corrected chi connectivity index (χ3v) is 5.08. The van der Waals surface area contributed by atoms with Crippen molar-refractivity contribution in [1.29, 1.82) is 0 Å². The van der Waals surface area contributed by atoms with Gasteiger partial charge in [-0.2, -0.15) is 0 Å². The van der Waals surface area contributed by atoms with Crippen LogP contribution in [0.15, 0.2) is 30.3 Å². The molecule has 0 N–H and O–H groups in total. The number of ether oxygens (including phenoxy) is 3. The molecule has 3 rings (SSSR count). The highest BCUT2D eigenvalue weighted by Crippen LogP contribution is 2.59. The number of benzene rings is 1. The Morgan fingerprint density at radius 1 is 1.16 bits per heavy atom. The molecule has 1 aliphatic heterocycles. The van der Waals surface area contributed by atoms with Crippen LogP contribution in [0.5, 0.6) is 0 Å². The SMILES string of the molecule is CCOC(=O)C(C(=O)OCC)[C@@]12CCO[C@@H]1[C@@H](c1ccccc1)C2=O. The van der Waals surface area contributed by atoms with Gasteiger partial charge in [-0.15, -0.1) is 0 Å². The van der Waals surface area contributed by atoms with Gasteiger partial charge in [-0.25, -0.2) is 0 Å². The molecular formula is C19H22O6. The molecule has 0 bridgehead atoms. The van der Waals surface area contributed by atoms with Crippen LogP contribution in [0.4, 0.5) is 0 Å². The Morgan fingerprint density at radius 3 is 2.32 bits per heavy atom. The molecule has 0 aromatic heterocycles. The van der Waals surface area contributed by atoms with Crippen molar-refractivity contribution in [1.82, 2.24) is 0 Å². The van der Waals surface area contributed by atoms with E-state index >= 15 is 0 Å². The number of esters is 2. The zero-order valence-corrected chi connectivity index (χ0v) is 14.4. The van der Waals surface area contributed by atoms with E-state index in [1.807, 2.05) is 30.3 Å². The van der Waals surface area contributed by atoms with Crippen molar-refractivity contribution in [2.45, 2.75) is 32.3 Å². The standard InChI is InChI=1S/C19H22O6/c1-3-23-17(21)14(18(22)24-4-2)19-10-11-25-16(19)13(15(19)20)12-8-6-5-7-9-12/h5-9,13-14,16H,3-4,10-11H2,1-2H3/t13-,16+,19+/m0/s1. The lowest BCUT2D eigenvalue weighted by atomic mass is 9.51. The highest BCUT2D eigenvalue weighted by atomic mass is 16.6. The van der Waals surface area contributed by atoms with Crippen LogP contribution in [-0.4, -0.2) is 43.6 Å². The molecule has 1 aliphatic carbocycles. The maximum absolute atomic E-state index is 13.1. The van der Waals surface area contributed by atoms with Crippen LogP contribution < -0.4 is 0 Å². The number of carbonyl (C=O) groups excluding carboxylic acids is 3. The van der Waals surface area contributed by atoms with Crippen molar-refractivity contribution < 1.29 is 28.6 Å². The molecule has 6 nitrogen and oxygen atoms in total. The lowest BCUT2D eigenvalue weighted by Gasteiger charge is -2.50. The van der Waals surface area contributed by atoms with Gasteiger partial charge in [-0.3, -0.25) is 14.4 Å². The summed E-state index contributed by atoms with van der Waals surface area (Å²) in [5, 5.41) is 0. The minimum absolute atomic E-state index is 0.132. The monoisotopic (exact) mass is 346 g/mol. The summed E-state index contributed by atoms with van der Waals surface area (Å²) in [5.41, 5.74) is -0.347. The molecule has 1 saturated carbocycles. The quantitative estimate of drug-likeness (QED) is 0.578. The van der Waals surface area contributed by atoms with Gasteiger partial charge < -0.3 is 14.2 Å². The molecule has 1 aromatic carbocycles. The summed E-state index contributed by atoms with van der Waals surface area (Å²) in [7, 11) is 0. The third kappa shape index (κ3) is 2.65. The van der Waals surface area contributed by atoms with Gasteiger partial charge in [0.15, 0.2) is 11.7 Å². The Bertz CT molecular complexity index is 652. The van der Waals surface area contributed by atoms with Crippen LogP contribution in [0, 0.1) is 11.3 Å². The van der Waals surface area contributed by atoms with Gasteiger partial charge in [-0.1, -0.05) is 30.3 Å². The highest BCUT2D eigenvalue weighted by Gasteiger charge is 2.72. The maximum atomic E-state index is 13.1. The first-order valence-electron chi connectivity index (χ1n) is 8.62. The van der Waals surface area contributed by atoms with Crippen molar-refractivity contribution in [3.8, 4) is 0 Å². The van der Waals surface area contributed by atoms with Crippen LogP contribution >= 0.6 is 0 Å². The van der Waals surface area contributed by atoms with Gasteiger partial charge in [-0.05, 0) is 25.8 Å². The fourth-order valence-corrected chi connectivity index (χ4v) is 4.04. The van der Waals surface area contributed by atoms with E-state index in [4.69, 9.17) is 14.2 Å². The lowest BCUT2D eigenvalue weighted by Crippen LogP contribution is -2.64. The minimum Gasteiger partial charge on any atom is -0.465 e. The van der Waals surface area contributed by atoms with Gasteiger partial charge in [0.2, 0.25) is 0 Å². The molecular weight excluding hydrogens is 324 g/mol. The molecule has 1 saturated heterocycles. The Kier molecular flexibility index (Phi) is 4.90. The lowest BCUT2D eigenvalue weighted by molar-refractivity contribution is -0.185. The molecule has 0 radical (unpaired) electrons. The molecule has 25 heavy (non-hydrogen) atoms. The number of hydrogen-bond acceptors (Lipinski definition) is 6. The van der Waals surface area contributed by atoms with Gasteiger partial charge >= 0.3 is 11.9 Å². The second-order valence-electron chi connectivity index (χ2n) is 6.27. The first-order valence-corrected chi connectivity index (χ1v) is 8.62. The molecule has 134 valence electrons. The van der Waals surface area contributed by atoms with Gasteiger partial charge in [0.25, 0.3) is 0 Å². The topological polar surface area (TPSA) is 78.9 Å². The predicted octanol–water partition coefficient (Wildman–Crippen LogP) is 1.87. The third-order valence-electron chi connectivity index (χ3n) is 5.08. The summed E-state index contributed by atoms with van der Waals surface area (Å²) < 4.78 is 15.9. The number of ketones is 1. The summed E-state index contributed by atoms with van der Waals surface area (Å²) in [6.45, 7) is 3.92. The maximum Gasteiger partial charge on any atom is 0.321 e. The van der Waals surface area contributed by atoms with E-state index in [1.54, 1.807) is 13.8 Å². The van der Waals surface area contributed by atoms with E-state index in [-0.39, 0.29) is 19.0 Å². The summed E-state index contributed by atoms with van der Waals surface area (Å²) in [6, 6.07) is 9.29. The molecule has 2 fully saturated rings. The average molecular weight is 346 g/mol. The van der Waals surface area contributed by atoms with Crippen LogP contribution in [0.2, 0.25) is 0 Å². The summed E-state index contributed by atoms with van der Waals surface area (Å²) >= 11 is 0. The Hall–Kier alpha value is -2.21. The van der Waals surface area contributed by atoms with E-state index in [1.165, 1.54) is 0 Å². The normalized spacial score (nSPS) is 27.6. The van der Waals surface area contributed by atoms with Crippen LogP contribution in [-0.2, 0) is 28.6 Å². The average Bonchev–Trinajstić information content (AvgIpc) is 2.96. The van der Waals surface area contributed by atoms with E-state index < -0.39 is 35.3 Å². The second-order valence-corrected chi connectivity index (χ2v) is 6.27. The van der Waals surface area contributed by atoms with Gasteiger partial charge in [0.05, 0.1) is 30.7 Å².